The molecule has 0 saturated carbocycles. The molecule has 2 aromatic rings. The lowest BCUT2D eigenvalue weighted by molar-refractivity contribution is -0.127. The normalized spacial score (nSPS) is 18.9. The van der Waals surface area contributed by atoms with Crippen molar-refractivity contribution in [3.63, 3.8) is 0 Å². The molecule has 1 amide bonds. The zero-order valence-electron chi connectivity index (χ0n) is 17.4. The van der Waals surface area contributed by atoms with Gasteiger partial charge in [-0.15, -0.1) is 0 Å². The molecule has 1 aromatic carbocycles. The van der Waals surface area contributed by atoms with Gasteiger partial charge in [0.05, 0.1) is 37.8 Å². The first-order chi connectivity index (χ1) is 14.9. The van der Waals surface area contributed by atoms with Gasteiger partial charge < -0.3 is 24.0 Å². The van der Waals surface area contributed by atoms with Crippen molar-refractivity contribution >= 4 is 39.7 Å². The van der Waals surface area contributed by atoms with Gasteiger partial charge in [0, 0.05) is 36.1 Å². The van der Waals surface area contributed by atoms with Crippen molar-refractivity contribution in [2.75, 3.05) is 50.3 Å². The van der Waals surface area contributed by atoms with Gasteiger partial charge >= 0.3 is 0 Å². The monoisotopic (exact) mass is 465 g/mol. The second-order valence-corrected chi connectivity index (χ2v) is 9.24. The lowest BCUT2D eigenvalue weighted by Gasteiger charge is -2.31. The Kier molecular flexibility index (Phi) is 6.52. The van der Waals surface area contributed by atoms with Crippen molar-refractivity contribution < 1.29 is 23.2 Å². The summed E-state index contributed by atoms with van der Waals surface area (Å²) in [6, 6.07) is 7.49. The second kappa shape index (κ2) is 9.32. The average Bonchev–Trinajstić information content (AvgIpc) is 3.21. The van der Waals surface area contributed by atoms with Crippen LogP contribution in [-0.2, 0) is 15.6 Å². The Hall–Kier alpha value is -2.52. The maximum absolute atomic E-state index is 12.1. The van der Waals surface area contributed by atoms with E-state index in [1.807, 2.05) is 24.3 Å². The van der Waals surface area contributed by atoms with Crippen LogP contribution in [0, 0.1) is 0 Å². The summed E-state index contributed by atoms with van der Waals surface area (Å²) in [5.41, 5.74) is 1.69. The smallest absolute Gasteiger partial charge is 0.235 e. The molecule has 8 nitrogen and oxygen atoms in total. The summed E-state index contributed by atoms with van der Waals surface area (Å²) in [7, 11) is 0.386. The van der Waals surface area contributed by atoms with Crippen LogP contribution < -0.4 is 19.1 Å². The Morgan fingerprint density at radius 1 is 1.35 bits per heavy atom. The van der Waals surface area contributed by atoms with E-state index in [0.717, 1.165) is 23.5 Å². The molecule has 0 bridgehead atoms. The third kappa shape index (κ3) is 4.88. The molecule has 2 aliphatic heterocycles. The maximum atomic E-state index is 12.1. The zero-order valence-corrected chi connectivity index (χ0v) is 18.9. The Morgan fingerprint density at radius 3 is 2.94 bits per heavy atom. The van der Waals surface area contributed by atoms with Crippen LogP contribution in [0.1, 0.15) is 6.42 Å². The van der Waals surface area contributed by atoms with Crippen LogP contribution in [0.25, 0.3) is 0 Å². The van der Waals surface area contributed by atoms with Crippen LogP contribution in [-0.4, -0.2) is 71.5 Å². The summed E-state index contributed by atoms with van der Waals surface area (Å²) < 4.78 is 28.4. The predicted octanol–water partition coefficient (Wildman–Crippen LogP) is 2.63. The first-order valence-corrected chi connectivity index (χ1v) is 12.0. The fourth-order valence-electron chi connectivity index (χ4n) is 3.76. The Morgan fingerprint density at radius 2 is 2.19 bits per heavy atom. The summed E-state index contributed by atoms with van der Waals surface area (Å²) in [5.74, 6) is 1.78. The van der Waals surface area contributed by atoms with E-state index in [1.54, 1.807) is 11.1 Å². The molecule has 4 rings (SSSR count). The molecule has 0 spiro atoms. The molecule has 2 atom stereocenters. The van der Waals surface area contributed by atoms with Crippen molar-refractivity contribution in [1.29, 1.82) is 0 Å². The van der Waals surface area contributed by atoms with Gasteiger partial charge in [-0.2, -0.15) is 0 Å². The van der Waals surface area contributed by atoms with Gasteiger partial charge in [0.2, 0.25) is 11.8 Å². The number of pyridine rings is 1. The highest BCUT2D eigenvalue weighted by Gasteiger charge is 2.29. The number of anilines is 2. The summed E-state index contributed by atoms with van der Waals surface area (Å²) >= 11 is 6.27. The molecule has 2 aliphatic rings. The number of likely N-dealkylation sites (tertiary alicyclic amines) is 1. The molecule has 31 heavy (non-hydrogen) atoms. The SMILES string of the molecule is COc1ncc(N2CCOc3ccc(OC4CCN(C(=O)CS(C)=O)C4)cc32)cc1Cl. The number of ether oxygens (including phenoxy) is 3. The largest absolute Gasteiger partial charge is 0.490 e. The highest BCUT2D eigenvalue weighted by Crippen LogP contribution is 2.40. The van der Waals surface area contributed by atoms with E-state index in [4.69, 9.17) is 25.8 Å². The second-order valence-electron chi connectivity index (χ2n) is 7.40. The Labute approximate surface area is 188 Å². The van der Waals surface area contributed by atoms with E-state index < -0.39 is 10.8 Å². The van der Waals surface area contributed by atoms with Gasteiger partial charge in [0.25, 0.3) is 0 Å². The highest BCUT2D eigenvalue weighted by molar-refractivity contribution is 7.85. The zero-order chi connectivity index (χ0) is 22.0. The number of carbonyl (C=O) groups excluding carboxylic acids is 1. The molecule has 10 heteroatoms. The molecule has 1 aromatic heterocycles. The number of carbonyl (C=O) groups is 1. The van der Waals surface area contributed by atoms with Crippen LogP contribution in [0.15, 0.2) is 30.5 Å². The van der Waals surface area contributed by atoms with Crippen molar-refractivity contribution in [2.24, 2.45) is 0 Å². The standard InChI is InChI=1S/C21H24ClN3O5S/c1-28-21-17(22)9-14(11-23-21)25-7-8-29-19-4-3-15(10-18(19)25)30-16-5-6-24(12-16)20(26)13-31(2)27/h3-4,9-11,16H,5-8,12-13H2,1-2H3. The summed E-state index contributed by atoms with van der Waals surface area (Å²) in [4.78, 5) is 20.2. The van der Waals surface area contributed by atoms with Crippen LogP contribution in [0.5, 0.6) is 17.4 Å². The van der Waals surface area contributed by atoms with Crippen molar-refractivity contribution in [2.45, 2.75) is 12.5 Å². The summed E-state index contributed by atoms with van der Waals surface area (Å²) in [6.07, 6.45) is 3.87. The molecular formula is C21H24ClN3O5S. The van der Waals surface area contributed by atoms with Gasteiger partial charge in [-0.3, -0.25) is 9.00 Å². The number of halogens is 1. The van der Waals surface area contributed by atoms with E-state index in [9.17, 15) is 9.00 Å². The molecule has 3 heterocycles. The molecule has 1 fully saturated rings. The van der Waals surface area contributed by atoms with Crippen LogP contribution >= 0.6 is 11.6 Å². The minimum Gasteiger partial charge on any atom is -0.490 e. The van der Waals surface area contributed by atoms with Crippen LogP contribution in [0.4, 0.5) is 11.4 Å². The number of benzene rings is 1. The lowest BCUT2D eigenvalue weighted by Crippen LogP contribution is -2.34. The fraction of sp³-hybridized carbons (Fsp3) is 0.429. The quantitative estimate of drug-likeness (QED) is 0.648. The van der Waals surface area contributed by atoms with Gasteiger partial charge in [0.15, 0.2) is 0 Å². The minimum absolute atomic E-state index is 0.0519. The molecule has 0 radical (unpaired) electrons. The first kappa shape index (κ1) is 21.7. The fourth-order valence-corrected chi connectivity index (χ4v) is 4.53. The molecule has 2 unspecified atom stereocenters. The number of amides is 1. The number of aromatic nitrogens is 1. The van der Waals surface area contributed by atoms with E-state index in [0.29, 0.717) is 42.9 Å². The number of rotatable bonds is 6. The van der Waals surface area contributed by atoms with Crippen molar-refractivity contribution in [3.05, 3.63) is 35.5 Å². The highest BCUT2D eigenvalue weighted by atomic mass is 35.5. The third-order valence-electron chi connectivity index (χ3n) is 5.22. The number of nitrogens with zero attached hydrogens (tertiary/aromatic N) is 3. The van der Waals surface area contributed by atoms with Gasteiger partial charge in [-0.1, -0.05) is 11.6 Å². The molecule has 166 valence electrons. The van der Waals surface area contributed by atoms with E-state index in [-0.39, 0.29) is 17.8 Å². The number of fused-ring (bicyclic) bond motifs is 1. The van der Waals surface area contributed by atoms with Crippen LogP contribution in [0.2, 0.25) is 5.02 Å². The lowest BCUT2D eigenvalue weighted by atomic mass is 10.2. The van der Waals surface area contributed by atoms with Gasteiger partial charge in [0.1, 0.15) is 35.0 Å². The number of methoxy groups -OCH3 is 1. The van der Waals surface area contributed by atoms with E-state index in [2.05, 4.69) is 9.88 Å². The van der Waals surface area contributed by atoms with Crippen LogP contribution in [0.3, 0.4) is 0 Å². The maximum Gasteiger partial charge on any atom is 0.235 e. The third-order valence-corrected chi connectivity index (χ3v) is 6.14. The van der Waals surface area contributed by atoms with Crippen molar-refractivity contribution in [3.8, 4) is 17.4 Å². The summed E-state index contributed by atoms with van der Waals surface area (Å²) in [6.45, 7) is 2.28. The van der Waals surface area contributed by atoms with Crippen molar-refractivity contribution in [1.82, 2.24) is 9.88 Å². The topological polar surface area (TPSA) is 81.2 Å². The van der Waals surface area contributed by atoms with Gasteiger partial charge in [-0.25, -0.2) is 4.98 Å². The minimum atomic E-state index is -1.14. The number of hydrogen-bond donors (Lipinski definition) is 0. The Bertz CT molecular complexity index is 1000. The van der Waals surface area contributed by atoms with E-state index >= 15 is 0 Å². The molecule has 1 saturated heterocycles. The predicted molar refractivity (Wildman–Crippen MR) is 119 cm³/mol. The Balaban J connectivity index is 1.50. The van der Waals surface area contributed by atoms with E-state index in [1.165, 1.54) is 13.4 Å². The first-order valence-electron chi connectivity index (χ1n) is 9.93. The summed E-state index contributed by atoms with van der Waals surface area (Å²) in [5, 5.41) is 0.434. The molecular weight excluding hydrogens is 442 g/mol. The average molecular weight is 466 g/mol. The van der Waals surface area contributed by atoms with Gasteiger partial charge in [-0.05, 0) is 18.2 Å². The number of hydrogen-bond acceptors (Lipinski definition) is 7. The molecule has 0 N–H and O–H groups in total. The molecule has 0 aliphatic carbocycles.